The van der Waals surface area contributed by atoms with E-state index in [-0.39, 0.29) is 10.8 Å². The van der Waals surface area contributed by atoms with Crippen molar-refractivity contribution in [2.45, 2.75) is 38.5 Å². The van der Waals surface area contributed by atoms with Gasteiger partial charge in [0.25, 0.3) is 0 Å². The summed E-state index contributed by atoms with van der Waals surface area (Å²) in [4.78, 5) is 0. The minimum atomic E-state index is -0.0738. The summed E-state index contributed by atoms with van der Waals surface area (Å²) in [6.07, 6.45) is 0. The third-order valence-electron chi connectivity index (χ3n) is 7.52. The van der Waals surface area contributed by atoms with Crippen LogP contribution in [-0.2, 0) is 10.8 Å². The SMILES string of the molecule is CC1(C)c2ccc(-n3c4ccccc4c4ccccc43)cc2C(C)(C)c2ccc(Br)cc21. The quantitative estimate of drug-likeness (QED) is 0.227. The lowest BCUT2D eigenvalue weighted by molar-refractivity contribution is 0.520. The van der Waals surface area contributed by atoms with Gasteiger partial charge in [0.2, 0.25) is 0 Å². The van der Waals surface area contributed by atoms with E-state index in [1.807, 2.05) is 0 Å². The Hall–Kier alpha value is -2.84. The number of rotatable bonds is 1. The first-order chi connectivity index (χ1) is 15.3. The normalized spacial score (nSPS) is 16.2. The van der Waals surface area contributed by atoms with E-state index in [0.717, 1.165) is 4.47 Å². The molecular weight excluding hydrogens is 454 g/mol. The number of nitrogens with zero attached hydrogens (tertiary/aromatic N) is 1. The lowest BCUT2D eigenvalue weighted by Crippen LogP contribution is -2.36. The topological polar surface area (TPSA) is 4.93 Å². The first-order valence-electron chi connectivity index (χ1n) is 11.2. The Morgan fingerprint density at radius 3 is 1.66 bits per heavy atom. The molecule has 4 aromatic carbocycles. The summed E-state index contributed by atoms with van der Waals surface area (Å²) in [6, 6.07) is 31.3. The van der Waals surface area contributed by atoms with Gasteiger partial charge in [-0.2, -0.15) is 0 Å². The molecule has 0 amide bonds. The van der Waals surface area contributed by atoms with Crippen LogP contribution in [0.3, 0.4) is 0 Å². The van der Waals surface area contributed by atoms with Gasteiger partial charge < -0.3 is 4.57 Å². The van der Waals surface area contributed by atoms with Crippen LogP contribution < -0.4 is 0 Å². The zero-order chi connectivity index (χ0) is 22.3. The molecule has 0 N–H and O–H groups in total. The molecule has 5 aromatic rings. The second-order valence-corrected chi connectivity index (χ2v) is 11.0. The van der Waals surface area contributed by atoms with Crippen molar-refractivity contribution in [1.29, 1.82) is 0 Å². The van der Waals surface area contributed by atoms with E-state index < -0.39 is 0 Å². The van der Waals surface area contributed by atoms with Crippen LogP contribution in [-0.4, -0.2) is 4.57 Å². The van der Waals surface area contributed by atoms with E-state index in [1.54, 1.807) is 0 Å². The highest BCUT2D eigenvalue weighted by Gasteiger charge is 2.41. The molecule has 0 spiro atoms. The van der Waals surface area contributed by atoms with E-state index >= 15 is 0 Å². The van der Waals surface area contributed by atoms with E-state index in [4.69, 9.17) is 0 Å². The summed E-state index contributed by atoms with van der Waals surface area (Å²) in [5.41, 5.74) is 9.27. The molecule has 0 bridgehead atoms. The van der Waals surface area contributed by atoms with E-state index in [9.17, 15) is 0 Å². The Bertz CT molecular complexity index is 1480. The van der Waals surface area contributed by atoms with Gasteiger partial charge in [-0.25, -0.2) is 0 Å². The van der Waals surface area contributed by atoms with Crippen molar-refractivity contribution in [3.8, 4) is 5.69 Å². The van der Waals surface area contributed by atoms with Crippen molar-refractivity contribution < 1.29 is 0 Å². The molecule has 1 aliphatic carbocycles. The maximum Gasteiger partial charge on any atom is 0.0541 e. The molecule has 6 rings (SSSR count). The maximum absolute atomic E-state index is 3.70. The van der Waals surface area contributed by atoms with Crippen molar-refractivity contribution in [3.63, 3.8) is 0 Å². The van der Waals surface area contributed by atoms with E-state index in [2.05, 4.69) is 133 Å². The van der Waals surface area contributed by atoms with Gasteiger partial charge in [0.05, 0.1) is 11.0 Å². The Labute approximate surface area is 197 Å². The number of fused-ring (bicyclic) bond motifs is 5. The zero-order valence-electron chi connectivity index (χ0n) is 18.9. The highest BCUT2D eigenvalue weighted by Crippen LogP contribution is 2.50. The number of benzene rings is 4. The standard InChI is InChI=1S/C30H26BrN/c1-29(2)24-16-14-20(18-26(24)30(3,4)23-15-13-19(31)17-25(23)29)32-27-11-7-5-9-21(27)22-10-6-8-12-28(22)32/h5-18H,1-4H3. The van der Waals surface area contributed by atoms with Gasteiger partial charge in [-0.3, -0.25) is 0 Å². The molecule has 2 heteroatoms. The average molecular weight is 480 g/mol. The summed E-state index contributed by atoms with van der Waals surface area (Å²) < 4.78 is 3.57. The maximum atomic E-state index is 3.70. The van der Waals surface area contributed by atoms with Crippen LogP contribution in [0.2, 0.25) is 0 Å². The molecule has 0 radical (unpaired) electrons. The molecular formula is C30H26BrN. The molecule has 0 unspecified atom stereocenters. The van der Waals surface area contributed by atoms with Crippen molar-refractivity contribution >= 4 is 37.7 Å². The largest absolute Gasteiger partial charge is 0.309 e. The Morgan fingerprint density at radius 1 is 0.562 bits per heavy atom. The van der Waals surface area contributed by atoms with Gasteiger partial charge in [0.15, 0.2) is 0 Å². The van der Waals surface area contributed by atoms with E-state index in [1.165, 1.54) is 49.7 Å². The van der Waals surface area contributed by atoms with Crippen LogP contribution in [0, 0.1) is 0 Å². The number of hydrogen-bond donors (Lipinski definition) is 0. The molecule has 158 valence electrons. The van der Waals surface area contributed by atoms with Gasteiger partial charge in [-0.15, -0.1) is 0 Å². The fourth-order valence-electron chi connectivity index (χ4n) is 5.80. The predicted octanol–water partition coefficient (Wildman–Crippen LogP) is 8.51. The van der Waals surface area contributed by atoms with Gasteiger partial charge in [0.1, 0.15) is 0 Å². The minimum absolute atomic E-state index is 0.0523. The molecule has 0 aliphatic heterocycles. The molecule has 32 heavy (non-hydrogen) atoms. The zero-order valence-corrected chi connectivity index (χ0v) is 20.5. The van der Waals surface area contributed by atoms with Crippen LogP contribution in [0.5, 0.6) is 0 Å². The Kier molecular flexibility index (Phi) is 4.08. The highest BCUT2D eigenvalue weighted by atomic mass is 79.9. The lowest BCUT2D eigenvalue weighted by Gasteiger charge is -2.44. The third-order valence-corrected chi connectivity index (χ3v) is 8.01. The van der Waals surface area contributed by atoms with Crippen LogP contribution in [0.15, 0.2) is 89.4 Å². The minimum Gasteiger partial charge on any atom is -0.309 e. The number of hydrogen-bond acceptors (Lipinski definition) is 0. The summed E-state index contributed by atoms with van der Waals surface area (Å²) in [5.74, 6) is 0. The molecule has 0 atom stereocenters. The number of aromatic nitrogens is 1. The molecule has 1 nitrogen and oxygen atoms in total. The second kappa shape index (κ2) is 6.59. The van der Waals surface area contributed by atoms with Gasteiger partial charge in [-0.1, -0.05) is 92.2 Å². The fraction of sp³-hybridized carbons (Fsp3) is 0.200. The summed E-state index contributed by atoms with van der Waals surface area (Å²) in [5, 5.41) is 2.60. The fourth-order valence-corrected chi connectivity index (χ4v) is 6.16. The van der Waals surface area contributed by atoms with Crippen molar-refractivity contribution in [1.82, 2.24) is 4.57 Å². The average Bonchev–Trinajstić information content (AvgIpc) is 3.12. The highest BCUT2D eigenvalue weighted by molar-refractivity contribution is 9.10. The summed E-state index contributed by atoms with van der Waals surface area (Å²) in [6.45, 7) is 9.44. The van der Waals surface area contributed by atoms with Gasteiger partial charge in [-0.05, 0) is 58.7 Å². The predicted molar refractivity (Wildman–Crippen MR) is 139 cm³/mol. The molecule has 0 saturated heterocycles. The molecule has 1 aromatic heterocycles. The van der Waals surface area contributed by atoms with Crippen LogP contribution >= 0.6 is 15.9 Å². The Morgan fingerprint density at radius 2 is 1.06 bits per heavy atom. The summed E-state index contributed by atoms with van der Waals surface area (Å²) in [7, 11) is 0. The molecule has 0 saturated carbocycles. The van der Waals surface area contributed by atoms with Crippen molar-refractivity contribution in [2.24, 2.45) is 0 Å². The monoisotopic (exact) mass is 479 g/mol. The van der Waals surface area contributed by atoms with Crippen molar-refractivity contribution in [3.05, 3.63) is 112 Å². The third kappa shape index (κ3) is 2.56. The second-order valence-electron chi connectivity index (χ2n) is 10.0. The molecule has 0 fully saturated rings. The first-order valence-corrected chi connectivity index (χ1v) is 12.0. The van der Waals surface area contributed by atoms with E-state index in [0.29, 0.717) is 0 Å². The Balaban J connectivity index is 1.66. The molecule has 1 aliphatic rings. The number of halogens is 1. The lowest BCUT2D eigenvalue weighted by atomic mass is 9.60. The van der Waals surface area contributed by atoms with Crippen LogP contribution in [0.25, 0.3) is 27.5 Å². The first kappa shape index (κ1) is 19.8. The van der Waals surface area contributed by atoms with Crippen molar-refractivity contribution in [2.75, 3.05) is 0 Å². The van der Waals surface area contributed by atoms with Gasteiger partial charge in [0, 0.05) is 31.8 Å². The van der Waals surface area contributed by atoms with Gasteiger partial charge >= 0.3 is 0 Å². The molecule has 1 heterocycles. The summed E-state index contributed by atoms with van der Waals surface area (Å²) >= 11 is 3.70. The van der Waals surface area contributed by atoms with Crippen LogP contribution in [0.4, 0.5) is 0 Å². The smallest absolute Gasteiger partial charge is 0.0541 e. The number of para-hydroxylation sites is 2. The van der Waals surface area contributed by atoms with Crippen LogP contribution in [0.1, 0.15) is 49.9 Å².